The summed E-state index contributed by atoms with van der Waals surface area (Å²) in [5, 5.41) is 10.8. The minimum absolute atomic E-state index is 0.144. The third kappa shape index (κ3) is 2.76. The van der Waals surface area contributed by atoms with Crippen molar-refractivity contribution in [2.75, 3.05) is 0 Å². The van der Waals surface area contributed by atoms with E-state index < -0.39 is 29.1 Å². The summed E-state index contributed by atoms with van der Waals surface area (Å²) in [4.78, 5) is 13.9. The summed E-state index contributed by atoms with van der Waals surface area (Å²) in [5.74, 6) is 0. The summed E-state index contributed by atoms with van der Waals surface area (Å²) in [6, 6.07) is 7.23. The van der Waals surface area contributed by atoms with E-state index in [2.05, 4.69) is 4.98 Å². The molecule has 0 amide bonds. The molecule has 1 aromatic carbocycles. The Balaban J connectivity index is 2.65. The number of benzene rings is 1. The SMILES string of the molecule is Cc1nc(C(Cl)(Cl)S(=O)(=O)c2ccccc2)c([N+](=O)[O-])s1. The van der Waals surface area contributed by atoms with Gasteiger partial charge in [0.25, 0.3) is 3.67 Å². The average molecular weight is 367 g/mol. The molecule has 6 nitrogen and oxygen atoms in total. The van der Waals surface area contributed by atoms with Gasteiger partial charge in [0.2, 0.25) is 9.84 Å². The largest absolute Gasteiger partial charge is 0.351 e. The summed E-state index contributed by atoms with van der Waals surface area (Å²) >= 11 is 12.7. The van der Waals surface area contributed by atoms with Crippen molar-refractivity contribution in [2.45, 2.75) is 15.5 Å². The minimum Gasteiger partial charge on any atom is -0.257 e. The lowest BCUT2D eigenvalue weighted by molar-refractivity contribution is -0.381. The molecule has 2 rings (SSSR count). The first-order valence-electron chi connectivity index (χ1n) is 5.47. The standard InChI is InChI=1S/C11H8Cl2N2O4S2/c1-7-14-9(10(20-7)15(16)17)11(12,13)21(18,19)8-5-3-2-4-6-8/h2-6H,1H3. The van der Waals surface area contributed by atoms with E-state index in [-0.39, 0.29) is 4.90 Å². The molecule has 0 unspecified atom stereocenters. The van der Waals surface area contributed by atoms with Gasteiger partial charge in [-0.15, -0.1) is 0 Å². The fourth-order valence-electron chi connectivity index (χ4n) is 1.60. The van der Waals surface area contributed by atoms with Crippen LogP contribution in [0.5, 0.6) is 0 Å². The topological polar surface area (TPSA) is 90.2 Å². The van der Waals surface area contributed by atoms with Crippen LogP contribution in [0.3, 0.4) is 0 Å². The Morgan fingerprint density at radius 2 is 1.86 bits per heavy atom. The summed E-state index contributed by atoms with van der Waals surface area (Å²) in [6.07, 6.45) is 0. The molecule has 0 spiro atoms. The first kappa shape index (κ1) is 16.2. The molecule has 0 fully saturated rings. The first-order valence-corrected chi connectivity index (χ1v) is 8.53. The molecule has 0 saturated carbocycles. The van der Waals surface area contributed by atoms with E-state index in [4.69, 9.17) is 23.2 Å². The van der Waals surface area contributed by atoms with E-state index >= 15 is 0 Å². The van der Waals surface area contributed by atoms with E-state index in [1.807, 2.05) is 0 Å². The molecule has 2 aromatic rings. The highest BCUT2D eigenvalue weighted by molar-refractivity contribution is 7.95. The van der Waals surface area contributed by atoms with Crippen molar-refractivity contribution in [3.8, 4) is 0 Å². The number of hydrogen-bond acceptors (Lipinski definition) is 6. The van der Waals surface area contributed by atoms with Crippen LogP contribution in [0.25, 0.3) is 0 Å². The third-order valence-electron chi connectivity index (χ3n) is 2.55. The number of hydrogen-bond donors (Lipinski definition) is 0. The van der Waals surface area contributed by atoms with Gasteiger partial charge in [0.1, 0.15) is 0 Å². The van der Waals surface area contributed by atoms with E-state index in [0.717, 1.165) is 11.3 Å². The molecule has 0 N–H and O–H groups in total. The zero-order valence-corrected chi connectivity index (χ0v) is 13.6. The van der Waals surface area contributed by atoms with Crippen molar-refractivity contribution in [1.29, 1.82) is 0 Å². The fraction of sp³-hybridized carbons (Fsp3) is 0.182. The van der Waals surface area contributed by atoms with Crippen molar-refractivity contribution in [3.05, 3.63) is 51.1 Å². The quantitative estimate of drug-likeness (QED) is 0.469. The monoisotopic (exact) mass is 366 g/mol. The number of sulfone groups is 1. The fourth-order valence-corrected chi connectivity index (χ4v) is 4.57. The number of thiazole rings is 1. The van der Waals surface area contributed by atoms with E-state index in [1.54, 1.807) is 6.07 Å². The maximum atomic E-state index is 12.5. The number of rotatable bonds is 4. The summed E-state index contributed by atoms with van der Waals surface area (Å²) < 4.78 is 22.5. The summed E-state index contributed by atoms with van der Waals surface area (Å²) in [7, 11) is -4.26. The van der Waals surface area contributed by atoms with Crippen molar-refractivity contribution < 1.29 is 13.3 Å². The molecule has 1 aromatic heterocycles. The van der Waals surface area contributed by atoms with Gasteiger partial charge in [-0.2, -0.15) is 0 Å². The predicted octanol–water partition coefficient (Wildman–Crippen LogP) is 3.42. The van der Waals surface area contributed by atoms with Crippen LogP contribution in [0, 0.1) is 17.0 Å². The lowest BCUT2D eigenvalue weighted by Crippen LogP contribution is -2.25. The Morgan fingerprint density at radius 3 is 2.38 bits per heavy atom. The number of aryl methyl sites for hydroxylation is 1. The van der Waals surface area contributed by atoms with Gasteiger partial charge in [-0.3, -0.25) is 10.1 Å². The minimum atomic E-state index is -4.26. The highest BCUT2D eigenvalue weighted by atomic mass is 35.5. The summed E-state index contributed by atoms with van der Waals surface area (Å²) in [5.41, 5.74) is -0.484. The van der Waals surface area contributed by atoms with E-state index in [9.17, 15) is 18.5 Å². The maximum absolute atomic E-state index is 12.5. The molecular weight excluding hydrogens is 359 g/mol. The molecule has 0 radical (unpaired) electrons. The highest BCUT2D eigenvalue weighted by Crippen LogP contribution is 2.47. The Labute approximate surface area is 134 Å². The van der Waals surface area contributed by atoms with Crippen LogP contribution in [0.15, 0.2) is 35.2 Å². The zero-order chi connectivity index (χ0) is 15.8. The van der Waals surface area contributed by atoms with Crippen LogP contribution in [0.2, 0.25) is 0 Å². The molecule has 0 aliphatic heterocycles. The van der Waals surface area contributed by atoms with Gasteiger partial charge in [-0.25, -0.2) is 13.4 Å². The Morgan fingerprint density at radius 1 is 1.29 bits per heavy atom. The van der Waals surface area contributed by atoms with Gasteiger partial charge < -0.3 is 0 Å². The lowest BCUT2D eigenvalue weighted by atomic mass is 10.4. The molecule has 0 atom stereocenters. The third-order valence-corrected chi connectivity index (χ3v) is 6.81. The summed E-state index contributed by atoms with van der Waals surface area (Å²) in [6.45, 7) is 1.50. The number of alkyl halides is 2. The average Bonchev–Trinajstić information content (AvgIpc) is 2.82. The van der Waals surface area contributed by atoms with Crippen LogP contribution in [-0.4, -0.2) is 18.3 Å². The molecule has 21 heavy (non-hydrogen) atoms. The second-order valence-corrected chi connectivity index (χ2v) is 9.02. The van der Waals surface area contributed by atoms with E-state index in [0.29, 0.717) is 5.01 Å². The van der Waals surface area contributed by atoms with Gasteiger partial charge in [0.05, 0.1) is 14.8 Å². The van der Waals surface area contributed by atoms with Gasteiger partial charge in [-0.1, -0.05) is 41.4 Å². The van der Waals surface area contributed by atoms with Crippen molar-refractivity contribution >= 4 is 49.4 Å². The predicted molar refractivity (Wildman–Crippen MR) is 80.5 cm³/mol. The molecule has 0 bridgehead atoms. The molecule has 112 valence electrons. The number of nitrogens with zero attached hydrogens (tertiary/aromatic N) is 2. The van der Waals surface area contributed by atoms with Gasteiger partial charge in [0.15, 0.2) is 5.69 Å². The Hall–Kier alpha value is -1.22. The van der Waals surface area contributed by atoms with Gasteiger partial charge in [-0.05, 0) is 30.4 Å². The van der Waals surface area contributed by atoms with Crippen molar-refractivity contribution in [3.63, 3.8) is 0 Å². The van der Waals surface area contributed by atoms with Gasteiger partial charge in [0, 0.05) is 0 Å². The maximum Gasteiger partial charge on any atom is 0.351 e. The zero-order valence-electron chi connectivity index (χ0n) is 10.5. The van der Waals surface area contributed by atoms with Crippen molar-refractivity contribution in [2.24, 2.45) is 0 Å². The highest BCUT2D eigenvalue weighted by Gasteiger charge is 2.50. The molecule has 1 heterocycles. The Bertz CT molecular complexity index is 788. The molecular formula is C11H8Cl2N2O4S2. The lowest BCUT2D eigenvalue weighted by Gasteiger charge is -2.17. The van der Waals surface area contributed by atoms with Crippen LogP contribution >= 0.6 is 34.5 Å². The smallest absolute Gasteiger partial charge is 0.257 e. The van der Waals surface area contributed by atoms with Gasteiger partial charge >= 0.3 is 5.00 Å². The van der Waals surface area contributed by atoms with Crippen molar-refractivity contribution in [1.82, 2.24) is 4.98 Å². The number of aromatic nitrogens is 1. The van der Waals surface area contributed by atoms with Crippen LogP contribution in [0.1, 0.15) is 10.7 Å². The first-order chi connectivity index (χ1) is 9.68. The molecule has 0 saturated heterocycles. The Kier molecular flexibility index (Phi) is 4.25. The van der Waals surface area contributed by atoms with Crippen LogP contribution < -0.4 is 0 Å². The van der Waals surface area contributed by atoms with Crippen LogP contribution in [-0.2, 0) is 13.5 Å². The second-order valence-electron chi connectivity index (χ2n) is 3.98. The molecule has 0 aliphatic carbocycles. The number of nitro groups is 1. The van der Waals surface area contributed by atoms with E-state index in [1.165, 1.54) is 31.2 Å². The normalized spacial score (nSPS) is 12.3. The number of halogens is 2. The molecule has 0 aliphatic rings. The second kappa shape index (κ2) is 5.53. The van der Waals surface area contributed by atoms with Crippen LogP contribution in [0.4, 0.5) is 5.00 Å². The molecule has 10 heteroatoms.